The molecule has 2 aromatic carbocycles. The summed E-state index contributed by atoms with van der Waals surface area (Å²) in [6.07, 6.45) is 0. The molecule has 0 saturated heterocycles. The second-order valence-corrected chi connectivity index (χ2v) is 7.75. The Morgan fingerprint density at radius 2 is 1.77 bits per heavy atom. The summed E-state index contributed by atoms with van der Waals surface area (Å²) in [4.78, 5) is 16.8. The molecule has 8 heteroatoms. The van der Waals surface area contributed by atoms with Gasteiger partial charge in [-0.2, -0.15) is 0 Å². The van der Waals surface area contributed by atoms with Crippen molar-refractivity contribution in [3.05, 3.63) is 53.6 Å². The number of hydrogen-bond acceptors (Lipinski definition) is 4. The third kappa shape index (κ3) is 9.04. The molecule has 170 valence electrons. The summed E-state index contributed by atoms with van der Waals surface area (Å²) < 4.78 is 11.2. The molecule has 31 heavy (non-hydrogen) atoms. The molecule has 2 rings (SSSR count). The number of hydrogen-bond donors (Lipinski definition) is 3. The van der Waals surface area contributed by atoms with Crippen LogP contribution in [-0.4, -0.2) is 30.6 Å². The van der Waals surface area contributed by atoms with E-state index < -0.39 is 0 Å². The van der Waals surface area contributed by atoms with Crippen molar-refractivity contribution in [2.24, 2.45) is 10.7 Å². The Morgan fingerprint density at radius 1 is 1.06 bits per heavy atom. The van der Waals surface area contributed by atoms with Crippen LogP contribution in [0, 0.1) is 0 Å². The van der Waals surface area contributed by atoms with E-state index in [-0.39, 0.29) is 41.4 Å². The number of nitrogens with two attached hydrogens (primary N) is 1. The minimum Gasteiger partial charge on any atom is -0.494 e. The molecular weight excluding hydrogens is 507 g/mol. The van der Waals surface area contributed by atoms with E-state index in [1.807, 2.05) is 71.0 Å². The quantitative estimate of drug-likeness (QED) is 0.259. The van der Waals surface area contributed by atoms with Crippen molar-refractivity contribution in [3.63, 3.8) is 0 Å². The van der Waals surface area contributed by atoms with E-state index in [1.165, 1.54) is 0 Å². The average Bonchev–Trinajstić information content (AvgIpc) is 2.68. The van der Waals surface area contributed by atoms with Gasteiger partial charge in [0.25, 0.3) is 5.91 Å². The zero-order valence-electron chi connectivity index (χ0n) is 18.8. The number of anilines is 1. The highest BCUT2D eigenvalue weighted by molar-refractivity contribution is 14.0. The summed E-state index contributed by atoms with van der Waals surface area (Å²) >= 11 is 0. The first-order valence-corrected chi connectivity index (χ1v) is 10.1. The zero-order valence-corrected chi connectivity index (χ0v) is 21.2. The van der Waals surface area contributed by atoms with Gasteiger partial charge in [0.1, 0.15) is 11.5 Å². The van der Waals surface area contributed by atoms with Crippen molar-refractivity contribution in [2.45, 2.75) is 46.7 Å². The van der Waals surface area contributed by atoms with Gasteiger partial charge in [-0.05, 0) is 64.4 Å². The van der Waals surface area contributed by atoms with Crippen molar-refractivity contribution in [1.29, 1.82) is 0 Å². The molecule has 0 spiro atoms. The van der Waals surface area contributed by atoms with Crippen LogP contribution in [0.3, 0.4) is 0 Å². The van der Waals surface area contributed by atoms with Gasteiger partial charge < -0.3 is 25.8 Å². The van der Waals surface area contributed by atoms with Gasteiger partial charge in [-0.1, -0.05) is 12.1 Å². The fraction of sp³-hybridized carbons (Fsp3) is 0.391. The maximum atomic E-state index is 12.4. The molecule has 0 fully saturated rings. The normalized spacial score (nSPS) is 11.3. The van der Waals surface area contributed by atoms with E-state index in [2.05, 4.69) is 15.6 Å². The molecule has 0 atom stereocenters. The number of carbonyl (C=O) groups is 1. The molecule has 0 heterocycles. The van der Waals surface area contributed by atoms with Crippen LogP contribution in [0.2, 0.25) is 0 Å². The van der Waals surface area contributed by atoms with Gasteiger partial charge in [-0.15, -0.1) is 24.0 Å². The fourth-order valence-electron chi connectivity index (χ4n) is 2.72. The van der Waals surface area contributed by atoms with Crippen molar-refractivity contribution < 1.29 is 14.3 Å². The highest BCUT2D eigenvalue weighted by Gasteiger charge is 2.15. The third-order valence-corrected chi connectivity index (χ3v) is 3.93. The van der Waals surface area contributed by atoms with E-state index in [0.717, 1.165) is 5.56 Å². The van der Waals surface area contributed by atoms with Gasteiger partial charge in [-0.3, -0.25) is 4.79 Å². The topological polar surface area (TPSA) is 98.0 Å². The Morgan fingerprint density at radius 3 is 2.42 bits per heavy atom. The first-order valence-electron chi connectivity index (χ1n) is 10.1. The van der Waals surface area contributed by atoms with Crippen LogP contribution in [-0.2, 0) is 6.54 Å². The maximum absolute atomic E-state index is 12.4. The summed E-state index contributed by atoms with van der Waals surface area (Å²) in [5.41, 5.74) is 7.95. The molecule has 0 aliphatic carbocycles. The number of aliphatic imine (C=N–C) groups is 1. The minimum atomic E-state index is -0.298. The van der Waals surface area contributed by atoms with E-state index in [0.29, 0.717) is 42.5 Å². The monoisotopic (exact) mass is 540 g/mol. The number of carbonyl (C=O) groups excluding carboxylic acids is 1. The maximum Gasteiger partial charge on any atom is 0.251 e. The third-order valence-electron chi connectivity index (χ3n) is 3.93. The summed E-state index contributed by atoms with van der Waals surface area (Å²) in [5.74, 6) is 1.51. The lowest BCUT2D eigenvalue weighted by Gasteiger charge is -2.20. The Labute approximate surface area is 201 Å². The van der Waals surface area contributed by atoms with Crippen LogP contribution in [0.5, 0.6) is 11.5 Å². The van der Waals surface area contributed by atoms with Gasteiger partial charge in [0, 0.05) is 17.2 Å². The summed E-state index contributed by atoms with van der Waals surface area (Å²) in [6.45, 7) is 11.1. The summed E-state index contributed by atoms with van der Waals surface area (Å²) in [6, 6.07) is 12.9. The number of nitrogens with zero attached hydrogens (tertiary/aromatic N) is 1. The van der Waals surface area contributed by atoms with Crippen LogP contribution < -0.4 is 25.8 Å². The zero-order chi connectivity index (χ0) is 22.1. The van der Waals surface area contributed by atoms with Gasteiger partial charge in [0.05, 0.1) is 25.4 Å². The summed E-state index contributed by atoms with van der Waals surface area (Å²) in [5, 5.41) is 6.03. The average molecular weight is 540 g/mol. The van der Waals surface area contributed by atoms with Crippen molar-refractivity contribution >= 4 is 41.5 Å². The number of amides is 1. The number of rotatable bonds is 8. The molecule has 0 bridgehead atoms. The van der Waals surface area contributed by atoms with Crippen molar-refractivity contribution in [2.75, 3.05) is 18.5 Å². The van der Waals surface area contributed by atoms with Crippen molar-refractivity contribution in [1.82, 2.24) is 5.32 Å². The molecule has 0 radical (unpaired) electrons. The van der Waals surface area contributed by atoms with Gasteiger partial charge in [0.2, 0.25) is 0 Å². The SMILES string of the molecule is CCOc1ccc(OCC)c(NC(N)=NCc2cccc(C(=O)NC(C)(C)C)c2)c1.I. The highest BCUT2D eigenvalue weighted by Crippen LogP contribution is 2.29. The molecule has 0 unspecified atom stereocenters. The molecule has 4 N–H and O–H groups in total. The van der Waals surface area contributed by atoms with E-state index in [4.69, 9.17) is 15.2 Å². The lowest BCUT2D eigenvalue weighted by molar-refractivity contribution is 0.0919. The number of nitrogens with one attached hydrogen (secondary N) is 2. The highest BCUT2D eigenvalue weighted by atomic mass is 127. The van der Waals surface area contributed by atoms with Crippen LogP contribution >= 0.6 is 24.0 Å². The molecule has 0 saturated carbocycles. The first-order chi connectivity index (χ1) is 14.2. The predicted octanol–water partition coefficient (Wildman–Crippen LogP) is 4.56. The number of guanidine groups is 1. The molecule has 2 aromatic rings. The smallest absolute Gasteiger partial charge is 0.251 e. The summed E-state index contributed by atoms with van der Waals surface area (Å²) in [7, 11) is 0. The molecule has 1 amide bonds. The Balaban J connectivity index is 0.00000480. The van der Waals surface area contributed by atoms with E-state index in [9.17, 15) is 4.79 Å². The van der Waals surface area contributed by atoms with E-state index in [1.54, 1.807) is 6.07 Å². The lowest BCUT2D eigenvalue weighted by Crippen LogP contribution is -2.40. The van der Waals surface area contributed by atoms with Crippen LogP contribution in [0.25, 0.3) is 0 Å². The second-order valence-electron chi connectivity index (χ2n) is 7.75. The Bertz CT molecular complexity index is 895. The molecule has 7 nitrogen and oxygen atoms in total. The second kappa shape index (κ2) is 12.4. The Hall–Kier alpha value is -2.49. The molecule has 0 aromatic heterocycles. The number of benzene rings is 2. The lowest BCUT2D eigenvalue weighted by atomic mass is 10.1. The fourth-order valence-corrected chi connectivity index (χ4v) is 2.72. The van der Waals surface area contributed by atoms with Crippen LogP contribution in [0.1, 0.15) is 50.5 Å². The van der Waals surface area contributed by atoms with Crippen LogP contribution in [0.15, 0.2) is 47.5 Å². The standard InChI is InChI=1S/C23H32N4O3.HI/c1-6-29-18-11-12-20(30-7-2)19(14-18)26-22(24)25-15-16-9-8-10-17(13-16)21(28)27-23(3,4)5;/h8-14H,6-7,15H2,1-5H3,(H,27,28)(H3,24,25,26);1H. The number of halogens is 1. The largest absolute Gasteiger partial charge is 0.494 e. The molecule has 0 aliphatic heterocycles. The number of ether oxygens (including phenoxy) is 2. The minimum absolute atomic E-state index is 0. The van der Waals surface area contributed by atoms with Gasteiger partial charge >= 0.3 is 0 Å². The van der Waals surface area contributed by atoms with Crippen molar-refractivity contribution in [3.8, 4) is 11.5 Å². The molecule has 0 aliphatic rings. The Kier molecular flexibility index (Phi) is 10.6. The van der Waals surface area contributed by atoms with Crippen LogP contribution in [0.4, 0.5) is 5.69 Å². The van der Waals surface area contributed by atoms with E-state index >= 15 is 0 Å². The first kappa shape index (κ1) is 26.5. The van der Waals surface area contributed by atoms with Gasteiger partial charge in [0.15, 0.2) is 5.96 Å². The van der Waals surface area contributed by atoms with Gasteiger partial charge in [-0.25, -0.2) is 4.99 Å². The molecular formula is C23H33IN4O3. The predicted molar refractivity (Wildman–Crippen MR) is 137 cm³/mol.